The van der Waals surface area contributed by atoms with Crippen molar-refractivity contribution in [2.45, 2.75) is 39.7 Å². The summed E-state index contributed by atoms with van der Waals surface area (Å²) in [6, 6.07) is 13.9. The Kier molecular flexibility index (Phi) is 6.13. The zero-order valence-corrected chi connectivity index (χ0v) is 17.9. The van der Waals surface area contributed by atoms with Crippen molar-refractivity contribution in [1.82, 2.24) is 4.90 Å². The average Bonchev–Trinajstić information content (AvgIpc) is 2.92. The molecule has 1 aliphatic rings. The smallest absolute Gasteiger partial charge is 0.295 e. The summed E-state index contributed by atoms with van der Waals surface area (Å²) < 4.78 is 0. The molecule has 29 heavy (non-hydrogen) atoms. The van der Waals surface area contributed by atoms with E-state index in [0.29, 0.717) is 23.0 Å². The van der Waals surface area contributed by atoms with E-state index >= 15 is 0 Å². The summed E-state index contributed by atoms with van der Waals surface area (Å²) in [5.41, 5.74) is 2.56. The van der Waals surface area contributed by atoms with Gasteiger partial charge in [0, 0.05) is 17.1 Å². The fourth-order valence-corrected chi connectivity index (χ4v) is 3.76. The highest BCUT2D eigenvalue weighted by molar-refractivity contribution is 6.46. The third kappa shape index (κ3) is 4.23. The van der Waals surface area contributed by atoms with Crippen LogP contribution in [0.4, 0.5) is 0 Å². The number of carbonyl (C=O) groups excluding carboxylic acids is 2. The Morgan fingerprint density at radius 3 is 2.10 bits per heavy atom. The third-order valence-electron chi connectivity index (χ3n) is 5.14. The fraction of sp³-hybridized carbons (Fsp3) is 0.333. The largest absolute Gasteiger partial charge is 0.507 e. The Bertz CT molecular complexity index is 943. The van der Waals surface area contributed by atoms with Crippen molar-refractivity contribution in [2.24, 2.45) is 5.92 Å². The van der Waals surface area contributed by atoms with Gasteiger partial charge in [0.15, 0.2) is 0 Å². The lowest BCUT2D eigenvalue weighted by molar-refractivity contribution is -0.140. The molecule has 1 atom stereocenters. The molecule has 1 fully saturated rings. The Morgan fingerprint density at radius 2 is 1.59 bits per heavy atom. The van der Waals surface area contributed by atoms with Crippen LogP contribution in [0.25, 0.3) is 5.76 Å². The molecule has 0 aromatic heterocycles. The van der Waals surface area contributed by atoms with Crippen LogP contribution in [0.15, 0.2) is 54.1 Å². The van der Waals surface area contributed by atoms with E-state index in [-0.39, 0.29) is 17.3 Å². The van der Waals surface area contributed by atoms with Gasteiger partial charge < -0.3 is 10.0 Å². The van der Waals surface area contributed by atoms with Crippen LogP contribution < -0.4 is 0 Å². The number of hydrogen-bond donors (Lipinski definition) is 1. The fourth-order valence-electron chi connectivity index (χ4n) is 3.63. The van der Waals surface area contributed by atoms with Crippen LogP contribution in [-0.2, 0) is 9.59 Å². The van der Waals surface area contributed by atoms with Crippen LogP contribution in [0.3, 0.4) is 0 Å². The number of aliphatic hydroxyl groups excluding tert-OH is 1. The number of Topliss-reactive ketones (excluding diaryl/α,β-unsaturated/α-hetero) is 1. The Morgan fingerprint density at radius 1 is 1.00 bits per heavy atom. The molecule has 0 bridgehead atoms. The molecule has 1 N–H and O–H groups in total. The van der Waals surface area contributed by atoms with E-state index in [9.17, 15) is 14.7 Å². The number of aliphatic hydroxyl groups is 1. The average molecular weight is 412 g/mol. The number of carbonyl (C=O) groups is 2. The molecular formula is C24H26ClNO3. The standard InChI is InChI=1S/C24H26ClNO3/c1-14(2)13-26-21(17-7-5-16(6-8-17)15(3)4)20(23(28)24(26)29)22(27)18-9-11-19(25)12-10-18/h5-12,14-15,21,27H,13H2,1-4H3. The quantitative estimate of drug-likeness (QED) is 0.399. The van der Waals surface area contributed by atoms with Gasteiger partial charge in [-0.15, -0.1) is 0 Å². The predicted octanol–water partition coefficient (Wildman–Crippen LogP) is 5.54. The first-order valence-corrected chi connectivity index (χ1v) is 10.2. The molecule has 0 saturated carbocycles. The molecule has 0 aliphatic carbocycles. The minimum atomic E-state index is -0.656. The molecular weight excluding hydrogens is 386 g/mol. The summed E-state index contributed by atoms with van der Waals surface area (Å²) in [5.74, 6) is -0.853. The first-order chi connectivity index (χ1) is 13.7. The Balaban J connectivity index is 2.15. The van der Waals surface area contributed by atoms with Crippen molar-refractivity contribution in [3.63, 3.8) is 0 Å². The van der Waals surface area contributed by atoms with E-state index in [2.05, 4.69) is 13.8 Å². The Hall–Kier alpha value is -2.59. The lowest BCUT2D eigenvalue weighted by Gasteiger charge is -2.27. The van der Waals surface area contributed by atoms with E-state index in [0.717, 1.165) is 5.56 Å². The molecule has 0 radical (unpaired) electrons. The SMILES string of the molecule is CC(C)CN1C(=O)C(=O)C(=C(O)c2ccc(Cl)cc2)C1c1ccc(C(C)C)cc1. The van der Waals surface area contributed by atoms with Gasteiger partial charge in [-0.3, -0.25) is 9.59 Å². The van der Waals surface area contributed by atoms with E-state index in [4.69, 9.17) is 11.6 Å². The van der Waals surface area contributed by atoms with E-state index in [1.165, 1.54) is 5.56 Å². The van der Waals surface area contributed by atoms with Crippen molar-refractivity contribution < 1.29 is 14.7 Å². The maximum absolute atomic E-state index is 12.9. The number of ketones is 1. The number of hydrogen-bond acceptors (Lipinski definition) is 3. The first-order valence-electron chi connectivity index (χ1n) is 9.85. The summed E-state index contributed by atoms with van der Waals surface area (Å²) in [5, 5.41) is 11.5. The van der Waals surface area contributed by atoms with E-state index in [1.807, 2.05) is 38.1 Å². The predicted molar refractivity (Wildman–Crippen MR) is 116 cm³/mol. The molecule has 0 spiro atoms. The van der Waals surface area contributed by atoms with Gasteiger partial charge in [0.25, 0.3) is 11.7 Å². The number of rotatable bonds is 5. The molecule has 1 saturated heterocycles. The van der Waals surface area contributed by atoms with Crippen molar-refractivity contribution in [2.75, 3.05) is 6.54 Å². The summed E-state index contributed by atoms with van der Waals surface area (Å²) in [6.07, 6.45) is 0. The van der Waals surface area contributed by atoms with Gasteiger partial charge in [-0.2, -0.15) is 0 Å². The molecule has 4 nitrogen and oxygen atoms in total. The highest BCUT2D eigenvalue weighted by Gasteiger charge is 2.46. The van der Waals surface area contributed by atoms with Gasteiger partial charge in [-0.1, -0.05) is 63.6 Å². The zero-order valence-electron chi connectivity index (χ0n) is 17.1. The maximum atomic E-state index is 12.9. The van der Waals surface area contributed by atoms with Gasteiger partial charge in [-0.25, -0.2) is 0 Å². The number of likely N-dealkylation sites (tertiary alicyclic amines) is 1. The summed E-state index contributed by atoms with van der Waals surface area (Å²) >= 11 is 5.95. The molecule has 1 heterocycles. The van der Waals surface area contributed by atoms with Gasteiger partial charge in [0.1, 0.15) is 5.76 Å². The normalized spacial score (nSPS) is 18.9. The van der Waals surface area contributed by atoms with Crippen LogP contribution in [0.2, 0.25) is 5.02 Å². The second-order valence-corrected chi connectivity index (χ2v) is 8.61. The van der Waals surface area contributed by atoms with E-state index < -0.39 is 17.7 Å². The minimum Gasteiger partial charge on any atom is -0.507 e. The second kappa shape index (κ2) is 8.42. The minimum absolute atomic E-state index is 0.121. The zero-order chi connectivity index (χ0) is 21.3. The van der Waals surface area contributed by atoms with Crippen LogP contribution in [0.5, 0.6) is 0 Å². The van der Waals surface area contributed by atoms with Crippen LogP contribution >= 0.6 is 11.6 Å². The van der Waals surface area contributed by atoms with Gasteiger partial charge in [-0.05, 0) is 47.2 Å². The van der Waals surface area contributed by atoms with Crippen LogP contribution in [0.1, 0.15) is 56.3 Å². The number of benzene rings is 2. The molecule has 1 aliphatic heterocycles. The van der Waals surface area contributed by atoms with Gasteiger partial charge in [0.05, 0.1) is 11.6 Å². The van der Waals surface area contributed by atoms with Crippen molar-refractivity contribution in [3.8, 4) is 0 Å². The highest BCUT2D eigenvalue weighted by atomic mass is 35.5. The van der Waals surface area contributed by atoms with Gasteiger partial charge in [0.2, 0.25) is 0 Å². The van der Waals surface area contributed by atoms with Crippen molar-refractivity contribution >= 4 is 29.1 Å². The molecule has 2 aromatic rings. The number of nitrogens with zero attached hydrogens (tertiary/aromatic N) is 1. The highest BCUT2D eigenvalue weighted by Crippen LogP contribution is 2.40. The Labute approximate surface area is 176 Å². The lowest BCUT2D eigenvalue weighted by Crippen LogP contribution is -2.33. The molecule has 1 amide bonds. The summed E-state index contributed by atoms with van der Waals surface area (Å²) in [4.78, 5) is 27.3. The van der Waals surface area contributed by atoms with Crippen molar-refractivity contribution in [3.05, 3.63) is 75.8 Å². The molecule has 2 aromatic carbocycles. The van der Waals surface area contributed by atoms with Gasteiger partial charge >= 0.3 is 0 Å². The summed E-state index contributed by atoms with van der Waals surface area (Å²) in [6.45, 7) is 8.65. The monoisotopic (exact) mass is 411 g/mol. The third-order valence-corrected chi connectivity index (χ3v) is 5.39. The molecule has 5 heteroatoms. The molecule has 3 rings (SSSR count). The maximum Gasteiger partial charge on any atom is 0.295 e. The summed E-state index contributed by atoms with van der Waals surface area (Å²) in [7, 11) is 0. The van der Waals surface area contributed by atoms with Crippen LogP contribution in [-0.4, -0.2) is 28.2 Å². The number of halogens is 1. The first kappa shape index (κ1) is 21.1. The lowest BCUT2D eigenvalue weighted by atomic mass is 9.93. The van der Waals surface area contributed by atoms with E-state index in [1.54, 1.807) is 29.2 Å². The second-order valence-electron chi connectivity index (χ2n) is 8.17. The van der Waals surface area contributed by atoms with Crippen molar-refractivity contribution in [1.29, 1.82) is 0 Å². The van der Waals surface area contributed by atoms with Crippen LogP contribution in [0, 0.1) is 5.92 Å². The molecule has 1 unspecified atom stereocenters. The molecule has 152 valence electrons. The number of amides is 1. The topological polar surface area (TPSA) is 57.6 Å².